The minimum Gasteiger partial charge on any atom is -0.315 e. The topological polar surface area (TPSA) is 24.1 Å². The Labute approximate surface area is 92.1 Å². The zero-order chi connectivity index (χ0) is 10.7. The van der Waals surface area contributed by atoms with Crippen LogP contribution in [0.2, 0.25) is 0 Å². The van der Waals surface area contributed by atoms with Crippen LogP contribution < -0.4 is 10.6 Å². The van der Waals surface area contributed by atoms with E-state index in [1.807, 2.05) is 0 Å². The van der Waals surface area contributed by atoms with Crippen LogP contribution in [-0.2, 0) is 6.42 Å². The Morgan fingerprint density at radius 2 is 2.33 bits per heavy atom. The molecule has 15 heavy (non-hydrogen) atoms. The normalized spacial score (nSPS) is 20.0. The van der Waals surface area contributed by atoms with Crippen LogP contribution in [0.15, 0.2) is 18.2 Å². The number of rotatable bonds is 3. The molecule has 0 fully saturated rings. The van der Waals surface area contributed by atoms with Gasteiger partial charge in [0, 0.05) is 12.6 Å². The van der Waals surface area contributed by atoms with Crippen molar-refractivity contribution in [3.63, 3.8) is 0 Å². The molecule has 0 radical (unpaired) electrons. The van der Waals surface area contributed by atoms with Gasteiger partial charge in [0.25, 0.3) is 0 Å². The molecule has 2 N–H and O–H groups in total. The Hall–Kier alpha value is -0.860. The van der Waals surface area contributed by atoms with Gasteiger partial charge in [-0.25, -0.2) is 0 Å². The van der Waals surface area contributed by atoms with Crippen LogP contribution >= 0.6 is 0 Å². The van der Waals surface area contributed by atoms with Crippen LogP contribution in [0.5, 0.6) is 0 Å². The van der Waals surface area contributed by atoms with Gasteiger partial charge in [0.15, 0.2) is 0 Å². The average molecular weight is 204 g/mol. The average Bonchev–Trinajstić information content (AvgIpc) is 2.26. The number of aryl methyl sites for hydroxylation is 1. The third-order valence-corrected chi connectivity index (χ3v) is 3.06. The summed E-state index contributed by atoms with van der Waals surface area (Å²) < 4.78 is 0. The lowest BCUT2D eigenvalue weighted by atomic mass is 9.93. The molecule has 1 aromatic carbocycles. The molecule has 1 aromatic rings. The number of benzene rings is 1. The molecule has 1 aliphatic rings. The van der Waals surface area contributed by atoms with Crippen LogP contribution in [0, 0.1) is 6.92 Å². The van der Waals surface area contributed by atoms with E-state index in [4.69, 9.17) is 0 Å². The van der Waals surface area contributed by atoms with Gasteiger partial charge in [-0.3, -0.25) is 0 Å². The predicted molar refractivity (Wildman–Crippen MR) is 64.2 cm³/mol. The molecule has 0 bridgehead atoms. The summed E-state index contributed by atoms with van der Waals surface area (Å²) in [6.07, 6.45) is 1.16. The molecular formula is C13H20N2. The zero-order valence-electron chi connectivity index (χ0n) is 9.64. The van der Waals surface area contributed by atoms with E-state index in [1.165, 1.54) is 16.7 Å². The molecule has 2 rings (SSSR count). The number of fused-ring (bicyclic) bond motifs is 1. The van der Waals surface area contributed by atoms with Gasteiger partial charge in [-0.1, -0.05) is 30.7 Å². The molecule has 0 amide bonds. The number of likely N-dealkylation sites (N-methyl/N-ethyl adjacent to an activating group) is 1. The number of hydrogen-bond acceptors (Lipinski definition) is 2. The van der Waals surface area contributed by atoms with E-state index >= 15 is 0 Å². The Morgan fingerprint density at radius 3 is 3.13 bits per heavy atom. The van der Waals surface area contributed by atoms with Crippen molar-refractivity contribution >= 4 is 0 Å². The Kier molecular flexibility index (Phi) is 3.39. The van der Waals surface area contributed by atoms with Gasteiger partial charge in [0.05, 0.1) is 0 Å². The fourth-order valence-electron chi connectivity index (χ4n) is 2.23. The van der Waals surface area contributed by atoms with E-state index in [-0.39, 0.29) is 0 Å². The van der Waals surface area contributed by atoms with E-state index < -0.39 is 0 Å². The summed E-state index contributed by atoms with van der Waals surface area (Å²) in [5.74, 6) is 0. The lowest BCUT2D eigenvalue weighted by molar-refractivity contribution is 0.474. The fraction of sp³-hybridized carbons (Fsp3) is 0.538. The van der Waals surface area contributed by atoms with Crippen LogP contribution in [0.1, 0.15) is 29.7 Å². The molecule has 2 heteroatoms. The van der Waals surface area contributed by atoms with Crippen molar-refractivity contribution in [3.05, 3.63) is 34.9 Å². The number of nitrogens with one attached hydrogen (secondary N) is 2. The summed E-state index contributed by atoms with van der Waals surface area (Å²) in [5, 5.41) is 6.99. The fourth-order valence-corrected chi connectivity index (χ4v) is 2.23. The minimum atomic E-state index is 0.494. The van der Waals surface area contributed by atoms with E-state index in [0.29, 0.717) is 6.04 Å². The first-order valence-electron chi connectivity index (χ1n) is 5.84. The van der Waals surface area contributed by atoms with E-state index in [2.05, 4.69) is 42.7 Å². The summed E-state index contributed by atoms with van der Waals surface area (Å²) in [5.41, 5.74) is 4.36. The SMILES string of the molecule is CCNCC1NCCc2ccc(C)cc21. The first kappa shape index (κ1) is 10.7. The van der Waals surface area contributed by atoms with Crippen LogP contribution in [0.25, 0.3) is 0 Å². The summed E-state index contributed by atoms with van der Waals surface area (Å²) in [6.45, 7) is 7.50. The lowest BCUT2D eigenvalue weighted by Crippen LogP contribution is -2.36. The van der Waals surface area contributed by atoms with E-state index in [0.717, 1.165) is 26.1 Å². The first-order valence-corrected chi connectivity index (χ1v) is 5.84. The van der Waals surface area contributed by atoms with Crippen LogP contribution in [0.4, 0.5) is 0 Å². The zero-order valence-corrected chi connectivity index (χ0v) is 9.64. The van der Waals surface area contributed by atoms with Crippen molar-refractivity contribution in [1.82, 2.24) is 10.6 Å². The van der Waals surface area contributed by atoms with Crippen molar-refractivity contribution in [1.29, 1.82) is 0 Å². The number of hydrogen-bond donors (Lipinski definition) is 2. The van der Waals surface area contributed by atoms with Crippen molar-refractivity contribution in [3.8, 4) is 0 Å². The summed E-state index contributed by atoms with van der Waals surface area (Å²) in [6, 6.07) is 7.32. The second-order valence-corrected chi connectivity index (χ2v) is 4.27. The highest BCUT2D eigenvalue weighted by molar-refractivity contribution is 5.36. The molecule has 82 valence electrons. The van der Waals surface area contributed by atoms with Gasteiger partial charge >= 0.3 is 0 Å². The second-order valence-electron chi connectivity index (χ2n) is 4.27. The monoisotopic (exact) mass is 204 g/mol. The van der Waals surface area contributed by atoms with Gasteiger partial charge in [-0.05, 0) is 37.6 Å². The standard InChI is InChI=1S/C13H20N2/c1-3-14-9-13-12-8-10(2)4-5-11(12)6-7-15-13/h4-5,8,13-15H,3,6-7,9H2,1-2H3. The van der Waals surface area contributed by atoms with E-state index in [1.54, 1.807) is 0 Å². The van der Waals surface area contributed by atoms with Crippen molar-refractivity contribution in [2.45, 2.75) is 26.3 Å². The van der Waals surface area contributed by atoms with Crippen molar-refractivity contribution < 1.29 is 0 Å². The molecule has 0 aliphatic carbocycles. The maximum absolute atomic E-state index is 3.57. The largest absolute Gasteiger partial charge is 0.315 e. The quantitative estimate of drug-likeness (QED) is 0.784. The summed E-state index contributed by atoms with van der Waals surface area (Å²) in [4.78, 5) is 0. The molecule has 1 unspecified atom stereocenters. The van der Waals surface area contributed by atoms with Gasteiger partial charge in [0.2, 0.25) is 0 Å². The Bertz CT molecular complexity index is 333. The van der Waals surface area contributed by atoms with Crippen molar-refractivity contribution in [2.24, 2.45) is 0 Å². The molecule has 2 nitrogen and oxygen atoms in total. The predicted octanol–water partition coefficient (Wildman–Crippen LogP) is 1.79. The van der Waals surface area contributed by atoms with Gasteiger partial charge in [0.1, 0.15) is 0 Å². The maximum Gasteiger partial charge on any atom is 0.0449 e. The summed E-state index contributed by atoms with van der Waals surface area (Å²) in [7, 11) is 0. The van der Waals surface area contributed by atoms with Gasteiger partial charge in [-0.15, -0.1) is 0 Å². The van der Waals surface area contributed by atoms with Gasteiger partial charge < -0.3 is 10.6 Å². The Balaban J connectivity index is 2.20. The third-order valence-electron chi connectivity index (χ3n) is 3.06. The lowest BCUT2D eigenvalue weighted by Gasteiger charge is -2.27. The minimum absolute atomic E-state index is 0.494. The third kappa shape index (κ3) is 2.39. The molecular weight excluding hydrogens is 184 g/mol. The van der Waals surface area contributed by atoms with Crippen molar-refractivity contribution in [2.75, 3.05) is 19.6 Å². The highest BCUT2D eigenvalue weighted by Crippen LogP contribution is 2.23. The maximum atomic E-state index is 3.57. The molecule has 1 aliphatic heterocycles. The molecule has 0 saturated carbocycles. The van der Waals surface area contributed by atoms with E-state index in [9.17, 15) is 0 Å². The smallest absolute Gasteiger partial charge is 0.0449 e. The van der Waals surface area contributed by atoms with Crippen LogP contribution in [-0.4, -0.2) is 19.6 Å². The molecule has 0 spiro atoms. The molecule has 0 saturated heterocycles. The second kappa shape index (κ2) is 4.77. The summed E-state index contributed by atoms with van der Waals surface area (Å²) >= 11 is 0. The van der Waals surface area contributed by atoms with Crippen LogP contribution in [0.3, 0.4) is 0 Å². The van der Waals surface area contributed by atoms with Gasteiger partial charge in [-0.2, -0.15) is 0 Å². The molecule has 1 atom stereocenters. The highest BCUT2D eigenvalue weighted by Gasteiger charge is 2.18. The highest BCUT2D eigenvalue weighted by atomic mass is 15.0. The molecule has 0 aromatic heterocycles. The molecule has 1 heterocycles. The Morgan fingerprint density at radius 1 is 1.47 bits per heavy atom. The first-order chi connectivity index (χ1) is 7.31.